The van der Waals surface area contributed by atoms with Crippen LogP contribution in [0.5, 0.6) is 0 Å². The summed E-state index contributed by atoms with van der Waals surface area (Å²) in [7, 11) is 0. The average Bonchev–Trinajstić information content (AvgIpc) is 3.22. The Bertz CT molecular complexity index is 731. The van der Waals surface area contributed by atoms with Crippen LogP contribution in [0.4, 0.5) is 0 Å². The van der Waals surface area contributed by atoms with E-state index in [1.165, 1.54) is 6.20 Å². The molecule has 0 aromatic carbocycles. The van der Waals surface area contributed by atoms with Gasteiger partial charge in [-0.05, 0) is 44.7 Å². The van der Waals surface area contributed by atoms with Gasteiger partial charge in [-0.15, -0.1) is 0 Å². The van der Waals surface area contributed by atoms with E-state index >= 15 is 0 Å². The number of carbonyl (C=O) groups is 1. The number of nitrogens with zero attached hydrogens (tertiary/aromatic N) is 1. The number of pyridine rings is 2. The molecular formula is C15H17N3O2. The zero-order chi connectivity index (χ0) is 14.3. The van der Waals surface area contributed by atoms with Crippen LogP contribution in [0.1, 0.15) is 35.8 Å². The largest absolute Gasteiger partial charge is 0.349 e. The molecule has 1 unspecified atom stereocenters. The molecule has 0 saturated heterocycles. The highest BCUT2D eigenvalue weighted by atomic mass is 16.2. The van der Waals surface area contributed by atoms with E-state index in [-0.39, 0.29) is 22.9 Å². The summed E-state index contributed by atoms with van der Waals surface area (Å²) in [6, 6.07) is 3.60. The van der Waals surface area contributed by atoms with E-state index in [2.05, 4.69) is 15.3 Å². The predicted molar refractivity (Wildman–Crippen MR) is 76.8 cm³/mol. The van der Waals surface area contributed by atoms with Crippen LogP contribution in [0.25, 0.3) is 11.0 Å². The summed E-state index contributed by atoms with van der Waals surface area (Å²) in [5.41, 5.74) is 1.22. The highest BCUT2D eigenvalue weighted by Crippen LogP contribution is 2.32. The first kappa shape index (κ1) is 12.8. The van der Waals surface area contributed by atoms with E-state index in [0.29, 0.717) is 17.0 Å². The number of hydrogen-bond donors (Lipinski definition) is 2. The van der Waals surface area contributed by atoms with E-state index in [0.717, 1.165) is 18.5 Å². The molecule has 5 nitrogen and oxygen atoms in total. The zero-order valence-electron chi connectivity index (χ0n) is 11.6. The summed E-state index contributed by atoms with van der Waals surface area (Å²) in [4.78, 5) is 31.7. The third-order valence-electron chi connectivity index (χ3n) is 3.81. The predicted octanol–water partition coefficient (Wildman–Crippen LogP) is 1.76. The number of amides is 1. The first-order valence-electron chi connectivity index (χ1n) is 6.86. The van der Waals surface area contributed by atoms with Gasteiger partial charge in [-0.2, -0.15) is 0 Å². The molecule has 1 amide bonds. The number of rotatable bonds is 3. The average molecular weight is 271 g/mol. The van der Waals surface area contributed by atoms with Crippen molar-refractivity contribution in [3.63, 3.8) is 0 Å². The van der Waals surface area contributed by atoms with Crippen molar-refractivity contribution in [2.45, 2.75) is 32.7 Å². The van der Waals surface area contributed by atoms with Crippen molar-refractivity contribution in [3.8, 4) is 0 Å². The Morgan fingerprint density at radius 2 is 2.20 bits per heavy atom. The van der Waals surface area contributed by atoms with Crippen LogP contribution in [-0.4, -0.2) is 21.9 Å². The van der Waals surface area contributed by atoms with Crippen molar-refractivity contribution < 1.29 is 4.79 Å². The first-order chi connectivity index (χ1) is 9.56. The fourth-order valence-electron chi connectivity index (χ4n) is 2.37. The van der Waals surface area contributed by atoms with Crippen LogP contribution in [0.2, 0.25) is 0 Å². The summed E-state index contributed by atoms with van der Waals surface area (Å²) in [6.07, 6.45) is 3.75. The minimum atomic E-state index is -0.312. The van der Waals surface area contributed by atoms with Crippen molar-refractivity contribution >= 4 is 16.9 Å². The van der Waals surface area contributed by atoms with Crippen molar-refractivity contribution in [2.24, 2.45) is 5.92 Å². The van der Waals surface area contributed by atoms with Gasteiger partial charge in [-0.25, -0.2) is 4.98 Å². The molecule has 0 radical (unpaired) electrons. The minimum absolute atomic E-state index is 0.119. The van der Waals surface area contributed by atoms with Gasteiger partial charge in [0.05, 0.1) is 5.39 Å². The fourth-order valence-corrected chi connectivity index (χ4v) is 2.37. The second kappa shape index (κ2) is 4.74. The maximum Gasteiger partial charge on any atom is 0.256 e. The van der Waals surface area contributed by atoms with Crippen LogP contribution < -0.4 is 10.7 Å². The molecule has 0 aliphatic heterocycles. The SMILES string of the molecule is Cc1ccc2c(=O)c(C(=O)NC(C)C3CC3)c[nH]c2n1. The Kier molecular flexibility index (Phi) is 3.04. The van der Waals surface area contributed by atoms with Gasteiger partial charge in [-0.3, -0.25) is 9.59 Å². The Balaban J connectivity index is 1.95. The highest BCUT2D eigenvalue weighted by Gasteiger charge is 2.29. The Morgan fingerprint density at radius 1 is 1.45 bits per heavy atom. The Labute approximate surface area is 116 Å². The van der Waals surface area contributed by atoms with Crippen LogP contribution >= 0.6 is 0 Å². The van der Waals surface area contributed by atoms with Crippen molar-refractivity contribution in [2.75, 3.05) is 0 Å². The summed E-state index contributed by atoms with van der Waals surface area (Å²) in [5.74, 6) is 0.246. The number of carbonyl (C=O) groups excluding carboxylic acids is 1. The molecule has 2 aromatic heterocycles. The van der Waals surface area contributed by atoms with E-state index in [1.54, 1.807) is 12.1 Å². The third kappa shape index (κ3) is 2.31. The number of aromatic nitrogens is 2. The smallest absolute Gasteiger partial charge is 0.256 e. The summed E-state index contributed by atoms with van der Waals surface area (Å²) < 4.78 is 0. The molecule has 3 rings (SSSR count). The van der Waals surface area contributed by atoms with E-state index in [1.807, 2.05) is 13.8 Å². The second-order valence-corrected chi connectivity index (χ2v) is 5.48. The lowest BCUT2D eigenvalue weighted by Gasteiger charge is -2.12. The monoisotopic (exact) mass is 271 g/mol. The van der Waals surface area contributed by atoms with E-state index in [9.17, 15) is 9.59 Å². The molecule has 1 aliphatic rings. The quantitative estimate of drug-likeness (QED) is 0.893. The summed E-state index contributed by atoms with van der Waals surface area (Å²) in [5, 5.41) is 3.34. The fraction of sp³-hybridized carbons (Fsp3) is 0.400. The van der Waals surface area contributed by atoms with Crippen molar-refractivity contribution in [3.05, 3.63) is 39.8 Å². The molecule has 1 fully saturated rings. The highest BCUT2D eigenvalue weighted by molar-refractivity contribution is 5.96. The van der Waals surface area contributed by atoms with Gasteiger partial charge in [-0.1, -0.05) is 0 Å². The van der Waals surface area contributed by atoms with Gasteiger partial charge in [0.1, 0.15) is 11.2 Å². The maximum atomic E-state index is 12.3. The molecule has 1 atom stereocenters. The lowest BCUT2D eigenvalue weighted by Crippen LogP contribution is -2.36. The second-order valence-electron chi connectivity index (χ2n) is 5.48. The normalized spacial score (nSPS) is 16.1. The maximum absolute atomic E-state index is 12.3. The van der Waals surface area contributed by atoms with Gasteiger partial charge in [0, 0.05) is 17.9 Å². The van der Waals surface area contributed by atoms with Crippen molar-refractivity contribution in [1.29, 1.82) is 0 Å². The molecule has 104 valence electrons. The molecular weight excluding hydrogens is 254 g/mol. The van der Waals surface area contributed by atoms with Crippen LogP contribution in [0.3, 0.4) is 0 Å². The molecule has 20 heavy (non-hydrogen) atoms. The van der Waals surface area contributed by atoms with Gasteiger partial charge in [0.2, 0.25) is 5.43 Å². The zero-order valence-corrected chi connectivity index (χ0v) is 11.6. The molecule has 2 N–H and O–H groups in total. The molecule has 2 aromatic rings. The minimum Gasteiger partial charge on any atom is -0.349 e. The number of nitrogens with one attached hydrogen (secondary N) is 2. The summed E-state index contributed by atoms with van der Waals surface area (Å²) in [6.45, 7) is 3.84. The molecule has 2 heterocycles. The standard InChI is InChI=1S/C15H17N3O2/c1-8-3-6-11-13(19)12(7-16-14(11)17-8)15(20)18-9(2)10-4-5-10/h3,6-7,9-10H,4-5H2,1-2H3,(H,18,20)(H,16,17,19). The lowest BCUT2D eigenvalue weighted by atomic mass is 10.1. The van der Waals surface area contributed by atoms with Gasteiger partial charge >= 0.3 is 0 Å². The van der Waals surface area contributed by atoms with Gasteiger partial charge in [0.25, 0.3) is 5.91 Å². The van der Waals surface area contributed by atoms with Gasteiger partial charge in [0.15, 0.2) is 0 Å². The Hall–Kier alpha value is -2.17. The molecule has 0 bridgehead atoms. The van der Waals surface area contributed by atoms with Crippen molar-refractivity contribution in [1.82, 2.24) is 15.3 Å². The van der Waals surface area contributed by atoms with E-state index < -0.39 is 0 Å². The van der Waals surface area contributed by atoms with Crippen LogP contribution in [0, 0.1) is 12.8 Å². The number of fused-ring (bicyclic) bond motifs is 1. The number of hydrogen-bond acceptors (Lipinski definition) is 3. The first-order valence-corrected chi connectivity index (χ1v) is 6.86. The van der Waals surface area contributed by atoms with Crippen LogP contribution in [-0.2, 0) is 0 Å². The molecule has 1 saturated carbocycles. The molecule has 1 aliphatic carbocycles. The lowest BCUT2D eigenvalue weighted by molar-refractivity contribution is 0.0934. The number of H-pyrrole nitrogens is 1. The Morgan fingerprint density at radius 3 is 2.90 bits per heavy atom. The van der Waals surface area contributed by atoms with E-state index in [4.69, 9.17) is 0 Å². The topological polar surface area (TPSA) is 74.8 Å². The number of aromatic amines is 1. The number of aryl methyl sites for hydroxylation is 1. The molecule has 0 spiro atoms. The third-order valence-corrected chi connectivity index (χ3v) is 3.81. The van der Waals surface area contributed by atoms with Gasteiger partial charge < -0.3 is 10.3 Å². The van der Waals surface area contributed by atoms with Crippen LogP contribution in [0.15, 0.2) is 23.1 Å². The molecule has 5 heteroatoms. The summed E-state index contributed by atoms with van der Waals surface area (Å²) >= 11 is 0.